The van der Waals surface area contributed by atoms with Crippen LogP contribution in [-0.2, 0) is 4.74 Å². The number of nitrogens with two attached hydrogens (primary N) is 1. The van der Waals surface area contributed by atoms with Crippen molar-refractivity contribution in [2.45, 2.75) is 12.1 Å². The van der Waals surface area contributed by atoms with Gasteiger partial charge in [-0.3, -0.25) is 0 Å². The van der Waals surface area contributed by atoms with Crippen LogP contribution in [0.3, 0.4) is 0 Å². The molecule has 1 heterocycles. The molecule has 0 aliphatic heterocycles. The Balaban J connectivity index is 1.65. The van der Waals surface area contributed by atoms with E-state index in [0.29, 0.717) is 11.3 Å². The van der Waals surface area contributed by atoms with Crippen molar-refractivity contribution < 1.29 is 18.3 Å². The molecule has 1 unspecified atom stereocenters. The highest BCUT2D eigenvalue weighted by atomic mass is 19.1. The van der Waals surface area contributed by atoms with Crippen molar-refractivity contribution >= 4 is 10.9 Å². The number of benzene rings is 3. The van der Waals surface area contributed by atoms with E-state index in [0.717, 1.165) is 16.6 Å². The Morgan fingerprint density at radius 1 is 1.00 bits per heavy atom. The molecule has 4 aromatic rings. The van der Waals surface area contributed by atoms with Crippen LogP contribution in [0.25, 0.3) is 16.6 Å². The van der Waals surface area contributed by atoms with Crippen molar-refractivity contribution in [3.8, 4) is 11.4 Å². The summed E-state index contributed by atoms with van der Waals surface area (Å²) in [6, 6.07) is 17.3. The summed E-state index contributed by atoms with van der Waals surface area (Å²) in [6.07, 6.45) is 1.11. The summed E-state index contributed by atoms with van der Waals surface area (Å²) in [4.78, 5) is 0. The third kappa shape index (κ3) is 4.17. The van der Waals surface area contributed by atoms with Gasteiger partial charge in [0.15, 0.2) is 0 Å². The van der Waals surface area contributed by atoms with Gasteiger partial charge in [0, 0.05) is 12.5 Å². The lowest BCUT2D eigenvalue weighted by Crippen LogP contribution is -2.36. The molecule has 0 spiro atoms. The van der Waals surface area contributed by atoms with E-state index in [2.05, 4.69) is 5.10 Å². The van der Waals surface area contributed by atoms with Gasteiger partial charge in [0.1, 0.15) is 23.5 Å². The standard InChI is InChI=1S/C23H21F2N3O2/c1-29-14-21(26)23(15-3-2-4-18(25)11-15)30-20-9-10-22-16(12-20)13-27-28(22)19-7-5-17(24)6-8-19/h2-13,21,23H,14,26H2,1H3/t21-,23?/m0/s1. The van der Waals surface area contributed by atoms with Gasteiger partial charge in [-0.25, -0.2) is 13.5 Å². The molecule has 1 aromatic heterocycles. The second-order valence-electron chi connectivity index (χ2n) is 6.97. The maximum Gasteiger partial charge on any atom is 0.141 e. The largest absolute Gasteiger partial charge is 0.484 e. The zero-order valence-corrected chi connectivity index (χ0v) is 16.3. The van der Waals surface area contributed by atoms with E-state index in [1.54, 1.807) is 48.3 Å². The zero-order chi connectivity index (χ0) is 21.1. The molecular formula is C23H21F2N3O2. The van der Waals surface area contributed by atoms with Gasteiger partial charge in [-0.05, 0) is 60.2 Å². The summed E-state index contributed by atoms with van der Waals surface area (Å²) in [5.74, 6) is -0.0922. The molecule has 4 rings (SSSR count). The Hall–Kier alpha value is -3.29. The molecule has 0 amide bonds. The average molecular weight is 409 g/mol. The number of aromatic nitrogens is 2. The van der Waals surface area contributed by atoms with E-state index < -0.39 is 12.1 Å². The van der Waals surface area contributed by atoms with Crippen molar-refractivity contribution in [2.75, 3.05) is 13.7 Å². The second kappa shape index (κ2) is 8.61. The summed E-state index contributed by atoms with van der Waals surface area (Å²) in [5, 5.41) is 5.24. The van der Waals surface area contributed by atoms with Crippen LogP contribution in [0, 0.1) is 11.6 Å². The van der Waals surface area contributed by atoms with Crippen LogP contribution < -0.4 is 10.5 Å². The highest BCUT2D eigenvalue weighted by Crippen LogP contribution is 2.29. The fourth-order valence-corrected chi connectivity index (χ4v) is 3.39. The Labute approximate surface area is 172 Å². The minimum Gasteiger partial charge on any atom is -0.484 e. The first kappa shape index (κ1) is 20.0. The Morgan fingerprint density at radius 2 is 1.80 bits per heavy atom. The van der Waals surface area contributed by atoms with E-state index in [-0.39, 0.29) is 18.2 Å². The lowest BCUT2D eigenvalue weighted by atomic mass is 10.0. The maximum absolute atomic E-state index is 13.8. The number of halogens is 2. The normalized spacial score (nSPS) is 13.3. The highest BCUT2D eigenvalue weighted by Gasteiger charge is 2.23. The van der Waals surface area contributed by atoms with Crippen LogP contribution in [0.5, 0.6) is 5.75 Å². The SMILES string of the molecule is COC[C@H](N)C(Oc1ccc2c(cnn2-c2ccc(F)cc2)c1)c1cccc(F)c1. The number of nitrogens with zero attached hydrogens (tertiary/aromatic N) is 2. The minimum atomic E-state index is -0.592. The second-order valence-corrected chi connectivity index (χ2v) is 6.97. The molecule has 2 atom stereocenters. The zero-order valence-electron chi connectivity index (χ0n) is 16.3. The van der Waals surface area contributed by atoms with E-state index in [1.165, 1.54) is 24.3 Å². The first-order chi connectivity index (χ1) is 14.5. The maximum atomic E-state index is 13.8. The lowest BCUT2D eigenvalue weighted by Gasteiger charge is -2.25. The van der Waals surface area contributed by atoms with Gasteiger partial charge in [-0.2, -0.15) is 5.10 Å². The molecule has 7 heteroatoms. The molecule has 0 saturated carbocycles. The molecule has 5 nitrogen and oxygen atoms in total. The fourth-order valence-electron chi connectivity index (χ4n) is 3.39. The van der Waals surface area contributed by atoms with Crippen LogP contribution in [0.1, 0.15) is 11.7 Å². The van der Waals surface area contributed by atoms with Crippen LogP contribution >= 0.6 is 0 Å². The molecule has 0 aliphatic carbocycles. The monoisotopic (exact) mass is 409 g/mol. The van der Waals surface area contributed by atoms with Gasteiger partial charge in [0.2, 0.25) is 0 Å². The lowest BCUT2D eigenvalue weighted by molar-refractivity contribution is 0.103. The van der Waals surface area contributed by atoms with Crippen LogP contribution in [0.4, 0.5) is 8.78 Å². The van der Waals surface area contributed by atoms with Crippen molar-refractivity contribution in [3.63, 3.8) is 0 Å². The molecular weight excluding hydrogens is 388 g/mol. The van der Waals surface area contributed by atoms with Gasteiger partial charge in [0.05, 0.1) is 30.0 Å². The summed E-state index contributed by atoms with van der Waals surface area (Å²) in [5.41, 5.74) is 8.47. The molecule has 30 heavy (non-hydrogen) atoms. The van der Waals surface area contributed by atoms with Crippen molar-refractivity contribution in [3.05, 3.63) is 90.1 Å². The van der Waals surface area contributed by atoms with E-state index in [1.807, 2.05) is 12.1 Å². The van der Waals surface area contributed by atoms with Crippen molar-refractivity contribution in [2.24, 2.45) is 5.73 Å². The molecule has 0 radical (unpaired) electrons. The Morgan fingerprint density at radius 3 is 2.53 bits per heavy atom. The molecule has 0 aliphatic rings. The highest BCUT2D eigenvalue weighted by molar-refractivity contribution is 5.81. The number of fused-ring (bicyclic) bond motifs is 1. The third-order valence-electron chi connectivity index (χ3n) is 4.80. The smallest absolute Gasteiger partial charge is 0.141 e. The topological polar surface area (TPSA) is 62.3 Å². The molecule has 0 saturated heterocycles. The van der Waals surface area contributed by atoms with E-state index in [9.17, 15) is 8.78 Å². The van der Waals surface area contributed by atoms with Gasteiger partial charge in [-0.1, -0.05) is 12.1 Å². The molecule has 0 fully saturated rings. The van der Waals surface area contributed by atoms with Crippen LogP contribution in [0.15, 0.2) is 72.9 Å². The molecule has 2 N–H and O–H groups in total. The van der Waals surface area contributed by atoms with Crippen LogP contribution in [-0.4, -0.2) is 29.5 Å². The molecule has 0 bridgehead atoms. The summed E-state index contributed by atoms with van der Waals surface area (Å²) in [6.45, 7) is 0.256. The van der Waals surface area contributed by atoms with E-state index >= 15 is 0 Å². The quantitative estimate of drug-likeness (QED) is 0.492. The third-order valence-corrected chi connectivity index (χ3v) is 4.80. The predicted octanol–water partition coefficient (Wildman–Crippen LogP) is 4.40. The summed E-state index contributed by atoms with van der Waals surface area (Å²) in [7, 11) is 1.55. The number of hydrogen-bond acceptors (Lipinski definition) is 4. The van der Waals surface area contributed by atoms with E-state index in [4.69, 9.17) is 15.2 Å². The number of hydrogen-bond donors (Lipinski definition) is 1. The molecule has 154 valence electrons. The summed E-state index contributed by atoms with van der Waals surface area (Å²) < 4.78 is 40.0. The Bertz CT molecular complexity index is 1140. The first-order valence-corrected chi connectivity index (χ1v) is 9.45. The van der Waals surface area contributed by atoms with Gasteiger partial charge in [0.25, 0.3) is 0 Å². The van der Waals surface area contributed by atoms with Gasteiger partial charge < -0.3 is 15.2 Å². The first-order valence-electron chi connectivity index (χ1n) is 9.45. The number of rotatable bonds is 7. The number of methoxy groups -OCH3 is 1. The fraction of sp³-hybridized carbons (Fsp3) is 0.174. The van der Waals surface area contributed by atoms with Crippen molar-refractivity contribution in [1.29, 1.82) is 0 Å². The van der Waals surface area contributed by atoms with Crippen LogP contribution in [0.2, 0.25) is 0 Å². The minimum absolute atomic E-state index is 0.256. The average Bonchev–Trinajstić information content (AvgIpc) is 3.16. The predicted molar refractivity (Wildman–Crippen MR) is 111 cm³/mol. The molecule has 3 aromatic carbocycles. The van der Waals surface area contributed by atoms with Gasteiger partial charge >= 0.3 is 0 Å². The van der Waals surface area contributed by atoms with Crippen molar-refractivity contribution in [1.82, 2.24) is 9.78 Å². The Kier molecular flexibility index (Phi) is 5.74. The number of ether oxygens (including phenoxy) is 2. The van der Waals surface area contributed by atoms with Gasteiger partial charge in [-0.15, -0.1) is 0 Å². The summed E-state index contributed by atoms with van der Waals surface area (Å²) >= 11 is 0.